The zero-order chi connectivity index (χ0) is 28.2. The third kappa shape index (κ3) is 4.42. The SMILES string of the molecule is Cc1ccc(S(=O)(=O)n2ccc3c2ncc2c(-c4ccc(C(C)(C)O)cc4)nc([C@H]4CCCC[C@@H]4CN)n23)cc1. The van der Waals surface area contributed by atoms with Gasteiger partial charge < -0.3 is 10.8 Å². The molecule has 1 aliphatic rings. The molecular formula is C31H35N5O3S. The van der Waals surface area contributed by atoms with Crippen molar-refractivity contribution in [1.29, 1.82) is 0 Å². The third-order valence-corrected chi connectivity index (χ3v) is 9.96. The summed E-state index contributed by atoms with van der Waals surface area (Å²) >= 11 is 0. The number of hydrogen-bond acceptors (Lipinski definition) is 6. The second-order valence-corrected chi connectivity index (χ2v) is 13.3. The average Bonchev–Trinajstić information content (AvgIpc) is 3.55. The van der Waals surface area contributed by atoms with Gasteiger partial charge in [-0.05, 0) is 69.8 Å². The summed E-state index contributed by atoms with van der Waals surface area (Å²) in [6, 6.07) is 16.4. The van der Waals surface area contributed by atoms with E-state index in [1.54, 1.807) is 50.5 Å². The fourth-order valence-electron chi connectivity index (χ4n) is 5.98. The highest BCUT2D eigenvalue weighted by molar-refractivity contribution is 7.90. The summed E-state index contributed by atoms with van der Waals surface area (Å²) in [5, 5.41) is 10.4. The second-order valence-electron chi connectivity index (χ2n) is 11.5. The van der Waals surface area contributed by atoms with E-state index in [9.17, 15) is 13.5 Å². The predicted octanol–water partition coefficient (Wildman–Crippen LogP) is 5.36. The van der Waals surface area contributed by atoms with Gasteiger partial charge in [-0.1, -0.05) is 54.8 Å². The molecule has 0 spiro atoms. The smallest absolute Gasteiger partial charge is 0.269 e. The van der Waals surface area contributed by atoms with E-state index < -0.39 is 15.6 Å². The first-order valence-corrected chi connectivity index (χ1v) is 15.3. The van der Waals surface area contributed by atoms with Gasteiger partial charge in [0, 0.05) is 17.7 Å². The van der Waals surface area contributed by atoms with Crippen LogP contribution in [-0.4, -0.2) is 38.4 Å². The van der Waals surface area contributed by atoms with Crippen molar-refractivity contribution in [3.63, 3.8) is 0 Å². The summed E-state index contributed by atoms with van der Waals surface area (Å²) in [5.41, 5.74) is 10.6. The number of fused-ring (bicyclic) bond motifs is 3. The number of aryl methyl sites for hydroxylation is 1. The highest BCUT2D eigenvalue weighted by Gasteiger charge is 2.32. The van der Waals surface area contributed by atoms with Gasteiger partial charge >= 0.3 is 0 Å². The summed E-state index contributed by atoms with van der Waals surface area (Å²) < 4.78 is 30.6. The van der Waals surface area contributed by atoms with E-state index in [0.717, 1.165) is 59.4 Å². The first-order chi connectivity index (χ1) is 19.1. The van der Waals surface area contributed by atoms with Crippen LogP contribution < -0.4 is 5.73 Å². The van der Waals surface area contributed by atoms with Crippen LogP contribution in [0.5, 0.6) is 0 Å². The molecule has 8 nitrogen and oxygen atoms in total. The van der Waals surface area contributed by atoms with Gasteiger partial charge in [0.05, 0.1) is 33.4 Å². The molecule has 1 aliphatic carbocycles. The number of imidazole rings is 1. The van der Waals surface area contributed by atoms with Crippen molar-refractivity contribution >= 4 is 26.7 Å². The molecule has 9 heteroatoms. The van der Waals surface area contributed by atoms with Crippen LogP contribution in [0.15, 0.2) is 71.9 Å². The molecule has 208 valence electrons. The van der Waals surface area contributed by atoms with Crippen molar-refractivity contribution in [2.24, 2.45) is 11.7 Å². The fourth-order valence-corrected chi connectivity index (χ4v) is 7.28. The van der Waals surface area contributed by atoms with Gasteiger partial charge in [0.25, 0.3) is 10.0 Å². The van der Waals surface area contributed by atoms with Crippen LogP contribution in [0.2, 0.25) is 0 Å². The second kappa shape index (κ2) is 9.83. The molecular weight excluding hydrogens is 522 g/mol. The van der Waals surface area contributed by atoms with Crippen molar-refractivity contribution < 1.29 is 13.5 Å². The van der Waals surface area contributed by atoms with Gasteiger partial charge in [0.2, 0.25) is 0 Å². The Labute approximate surface area is 234 Å². The Kier molecular flexibility index (Phi) is 6.56. The molecule has 5 aromatic rings. The number of nitrogens with two attached hydrogens (primary N) is 1. The molecule has 3 N–H and O–H groups in total. The van der Waals surface area contributed by atoms with E-state index >= 15 is 0 Å². The van der Waals surface area contributed by atoms with E-state index in [0.29, 0.717) is 23.6 Å². The summed E-state index contributed by atoms with van der Waals surface area (Å²) in [5.74, 6) is 1.34. The molecule has 0 saturated heterocycles. The van der Waals surface area contributed by atoms with Gasteiger partial charge in [0.15, 0.2) is 5.65 Å². The monoisotopic (exact) mass is 557 g/mol. The van der Waals surface area contributed by atoms with E-state index in [1.807, 2.05) is 37.3 Å². The van der Waals surface area contributed by atoms with Crippen molar-refractivity contribution in [3.8, 4) is 11.3 Å². The topological polar surface area (TPSA) is 116 Å². The lowest BCUT2D eigenvalue weighted by atomic mass is 9.79. The predicted molar refractivity (Wildman–Crippen MR) is 157 cm³/mol. The molecule has 2 aromatic carbocycles. The van der Waals surface area contributed by atoms with Crippen LogP contribution in [-0.2, 0) is 15.6 Å². The molecule has 0 aliphatic heterocycles. The molecule has 6 rings (SSSR count). The summed E-state index contributed by atoms with van der Waals surface area (Å²) in [6.07, 6.45) is 7.57. The maximum Gasteiger partial charge on any atom is 0.269 e. The average molecular weight is 558 g/mol. The van der Waals surface area contributed by atoms with Crippen molar-refractivity contribution in [1.82, 2.24) is 18.3 Å². The molecule has 3 heterocycles. The Morgan fingerprint density at radius 3 is 2.38 bits per heavy atom. The van der Waals surface area contributed by atoms with Crippen LogP contribution >= 0.6 is 0 Å². The minimum Gasteiger partial charge on any atom is -0.386 e. The Balaban J connectivity index is 1.58. The number of nitrogens with zero attached hydrogens (tertiary/aromatic N) is 4. The van der Waals surface area contributed by atoms with Crippen LogP contribution in [0.3, 0.4) is 0 Å². The molecule has 1 fully saturated rings. The van der Waals surface area contributed by atoms with Gasteiger partial charge in [-0.25, -0.2) is 22.4 Å². The lowest BCUT2D eigenvalue weighted by Gasteiger charge is -2.29. The molecule has 0 amide bonds. The Hall–Kier alpha value is -3.53. The number of aromatic nitrogens is 4. The highest BCUT2D eigenvalue weighted by Crippen LogP contribution is 2.40. The van der Waals surface area contributed by atoms with Gasteiger partial charge in [0.1, 0.15) is 5.82 Å². The fraction of sp³-hybridized carbons (Fsp3) is 0.355. The molecule has 1 saturated carbocycles. The molecule has 0 unspecified atom stereocenters. The molecule has 2 atom stereocenters. The standard InChI is InChI=1S/C31H35N5O3S/c1-20-8-14-24(15-9-20)40(38,39)35-17-16-26-30(35)33-19-27-28(21-10-12-23(13-11-21)31(2,3)37)34-29(36(26)27)25-7-5-4-6-22(25)18-32/h8-17,19,22,25,37H,4-7,18,32H2,1-3H3/t22-,25+/m1/s1. The Morgan fingerprint density at radius 1 is 1.00 bits per heavy atom. The Bertz CT molecular complexity index is 1800. The van der Waals surface area contributed by atoms with E-state index in [2.05, 4.69) is 9.38 Å². The maximum atomic E-state index is 13.6. The lowest BCUT2D eigenvalue weighted by Crippen LogP contribution is -2.26. The summed E-state index contributed by atoms with van der Waals surface area (Å²) in [7, 11) is -3.85. The van der Waals surface area contributed by atoms with E-state index in [1.165, 1.54) is 3.97 Å². The lowest BCUT2D eigenvalue weighted by molar-refractivity contribution is 0.0786. The highest BCUT2D eigenvalue weighted by atomic mass is 32.2. The van der Waals surface area contributed by atoms with Gasteiger partial charge in [-0.2, -0.15) is 0 Å². The van der Waals surface area contributed by atoms with Gasteiger partial charge in [-0.15, -0.1) is 0 Å². The normalized spacial score (nSPS) is 18.5. The first kappa shape index (κ1) is 26.7. The molecule has 0 radical (unpaired) electrons. The largest absolute Gasteiger partial charge is 0.386 e. The van der Waals surface area contributed by atoms with Crippen molar-refractivity contribution in [2.75, 3.05) is 6.54 Å². The van der Waals surface area contributed by atoms with Gasteiger partial charge in [-0.3, -0.25) is 4.40 Å². The van der Waals surface area contributed by atoms with Crippen molar-refractivity contribution in [3.05, 3.63) is 83.9 Å². The molecule has 40 heavy (non-hydrogen) atoms. The van der Waals surface area contributed by atoms with E-state index in [-0.39, 0.29) is 10.8 Å². The number of benzene rings is 2. The minimum absolute atomic E-state index is 0.151. The number of rotatable bonds is 6. The minimum atomic E-state index is -3.85. The molecule has 3 aromatic heterocycles. The van der Waals surface area contributed by atoms with Crippen LogP contribution in [0.4, 0.5) is 0 Å². The zero-order valence-electron chi connectivity index (χ0n) is 23.1. The molecule has 0 bridgehead atoms. The van der Waals surface area contributed by atoms with E-state index in [4.69, 9.17) is 10.7 Å². The van der Waals surface area contributed by atoms with Crippen molar-refractivity contribution in [2.45, 2.75) is 62.9 Å². The number of hydrogen-bond donors (Lipinski definition) is 2. The third-order valence-electron chi connectivity index (χ3n) is 8.28. The summed E-state index contributed by atoms with van der Waals surface area (Å²) in [4.78, 5) is 10.1. The number of aliphatic hydroxyl groups is 1. The zero-order valence-corrected chi connectivity index (χ0v) is 23.9. The Morgan fingerprint density at radius 2 is 1.70 bits per heavy atom. The van der Waals surface area contributed by atoms with Crippen LogP contribution in [0, 0.1) is 12.8 Å². The summed E-state index contributed by atoms with van der Waals surface area (Å²) in [6.45, 7) is 6.03. The van der Waals surface area contributed by atoms with Crippen LogP contribution in [0.25, 0.3) is 27.9 Å². The van der Waals surface area contributed by atoms with Crippen LogP contribution in [0.1, 0.15) is 62.4 Å². The quantitative estimate of drug-likeness (QED) is 0.291. The maximum absolute atomic E-state index is 13.6. The first-order valence-electron chi connectivity index (χ1n) is 13.8.